The van der Waals surface area contributed by atoms with Crippen molar-refractivity contribution in [2.75, 3.05) is 6.67 Å². The maximum absolute atomic E-state index is 11.3. The van der Waals surface area contributed by atoms with E-state index in [0.29, 0.717) is 13.1 Å². The van der Waals surface area contributed by atoms with Crippen molar-refractivity contribution >= 4 is 18.3 Å². The van der Waals surface area contributed by atoms with E-state index in [1.807, 2.05) is 17.3 Å². The maximum atomic E-state index is 11.3. The van der Waals surface area contributed by atoms with Gasteiger partial charge in [0, 0.05) is 18.8 Å². The number of halogens is 1. The van der Waals surface area contributed by atoms with Crippen molar-refractivity contribution in [1.82, 2.24) is 15.3 Å². The summed E-state index contributed by atoms with van der Waals surface area (Å²) >= 11 is 0. The van der Waals surface area contributed by atoms with Gasteiger partial charge in [-0.25, -0.2) is 0 Å². The Bertz CT molecular complexity index is 243. The molecule has 5 heteroatoms. The van der Waals surface area contributed by atoms with Gasteiger partial charge in [-0.2, -0.15) is 0 Å². The van der Waals surface area contributed by atoms with Gasteiger partial charge in [-0.3, -0.25) is 15.2 Å². The van der Waals surface area contributed by atoms with Gasteiger partial charge in [0.15, 0.2) is 0 Å². The van der Waals surface area contributed by atoms with Crippen LogP contribution in [0, 0.1) is 0 Å². The van der Waals surface area contributed by atoms with E-state index >= 15 is 0 Å². The van der Waals surface area contributed by atoms with Crippen molar-refractivity contribution in [2.45, 2.75) is 26.2 Å². The smallest absolute Gasteiger partial charge is 0.238 e. The third-order valence-electron chi connectivity index (χ3n) is 2.01. The molecule has 0 spiro atoms. The average Bonchev–Trinajstić information content (AvgIpc) is 2.62. The molecule has 0 bridgehead atoms. The molecule has 0 aromatic rings. The zero-order valence-electron chi connectivity index (χ0n) is 8.98. The maximum Gasteiger partial charge on any atom is 0.238 e. The highest BCUT2D eigenvalue weighted by Gasteiger charge is 2.11. The van der Waals surface area contributed by atoms with E-state index in [2.05, 4.69) is 18.9 Å². The molecule has 0 saturated heterocycles. The van der Waals surface area contributed by atoms with Crippen LogP contribution in [-0.4, -0.2) is 22.5 Å². The summed E-state index contributed by atoms with van der Waals surface area (Å²) in [7, 11) is 0. The van der Waals surface area contributed by atoms with E-state index < -0.39 is 0 Å². The van der Waals surface area contributed by atoms with E-state index in [9.17, 15) is 4.79 Å². The molecule has 1 aliphatic rings. The number of amides is 1. The Labute approximate surface area is 97.0 Å². The van der Waals surface area contributed by atoms with Crippen molar-refractivity contribution in [1.29, 1.82) is 0 Å². The SMILES string of the molecule is C=CN1C=CN(NC(=O)CCCC)C1.Cl. The number of nitrogens with one attached hydrogen (secondary N) is 1. The van der Waals surface area contributed by atoms with E-state index in [1.54, 1.807) is 11.2 Å². The number of carbonyl (C=O) groups is 1. The first kappa shape index (κ1) is 13.8. The highest BCUT2D eigenvalue weighted by Crippen LogP contribution is 2.03. The van der Waals surface area contributed by atoms with Gasteiger partial charge in [0.2, 0.25) is 5.91 Å². The van der Waals surface area contributed by atoms with Crippen molar-refractivity contribution < 1.29 is 4.79 Å². The highest BCUT2D eigenvalue weighted by atomic mass is 35.5. The molecule has 1 rings (SSSR count). The zero-order chi connectivity index (χ0) is 10.4. The van der Waals surface area contributed by atoms with Crippen LogP contribution in [0.4, 0.5) is 0 Å². The van der Waals surface area contributed by atoms with E-state index in [0.717, 1.165) is 12.8 Å². The molecule has 0 fully saturated rings. The molecule has 1 N–H and O–H groups in total. The zero-order valence-corrected chi connectivity index (χ0v) is 9.80. The van der Waals surface area contributed by atoms with Gasteiger partial charge in [0.25, 0.3) is 0 Å². The summed E-state index contributed by atoms with van der Waals surface area (Å²) in [5.74, 6) is 0.0717. The van der Waals surface area contributed by atoms with Crippen LogP contribution in [-0.2, 0) is 4.79 Å². The first-order valence-corrected chi connectivity index (χ1v) is 4.89. The molecule has 1 amide bonds. The van der Waals surface area contributed by atoms with Crippen LogP contribution in [0.5, 0.6) is 0 Å². The second-order valence-corrected chi connectivity index (χ2v) is 3.24. The molecule has 0 atom stereocenters. The van der Waals surface area contributed by atoms with Gasteiger partial charge in [-0.1, -0.05) is 19.9 Å². The van der Waals surface area contributed by atoms with Gasteiger partial charge >= 0.3 is 0 Å². The first-order valence-electron chi connectivity index (χ1n) is 4.89. The fourth-order valence-corrected chi connectivity index (χ4v) is 1.18. The second-order valence-electron chi connectivity index (χ2n) is 3.24. The minimum absolute atomic E-state index is 0. The summed E-state index contributed by atoms with van der Waals surface area (Å²) in [4.78, 5) is 13.2. The van der Waals surface area contributed by atoms with E-state index in [4.69, 9.17) is 0 Å². The molecule has 0 unspecified atom stereocenters. The van der Waals surface area contributed by atoms with Crippen LogP contribution in [0.3, 0.4) is 0 Å². The molecule has 0 aromatic heterocycles. The number of rotatable bonds is 5. The lowest BCUT2D eigenvalue weighted by Crippen LogP contribution is -2.39. The molecule has 0 radical (unpaired) electrons. The Hall–Kier alpha value is -1.16. The van der Waals surface area contributed by atoms with Crippen LogP contribution in [0.25, 0.3) is 0 Å². The molecule has 15 heavy (non-hydrogen) atoms. The van der Waals surface area contributed by atoms with E-state index in [-0.39, 0.29) is 18.3 Å². The van der Waals surface area contributed by atoms with Crippen molar-refractivity contribution in [3.63, 3.8) is 0 Å². The number of unbranched alkanes of at least 4 members (excludes halogenated alkanes) is 1. The molecule has 1 aliphatic heterocycles. The molecule has 0 aliphatic carbocycles. The molecular formula is C10H18ClN3O. The topological polar surface area (TPSA) is 35.6 Å². The summed E-state index contributed by atoms with van der Waals surface area (Å²) in [6, 6.07) is 0. The molecule has 1 heterocycles. The van der Waals surface area contributed by atoms with Gasteiger partial charge in [0.1, 0.15) is 6.67 Å². The lowest BCUT2D eigenvalue weighted by atomic mass is 10.2. The Balaban J connectivity index is 0.00000196. The third-order valence-corrected chi connectivity index (χ3v) is 2.01. The summed E-state index contributed by atoms with van der Waals surface area (Å²) in [6.07, 6.45) is 7.98. The highest BCUT2D eigenvalue weighted by molar-refractivity contribution is 5.85. The molecule has 86 valence electrons. The second kappa shape index (κ2) is 7.17. The lowest BCUT2D eigenvalue weighted by Gasteiger charge is -2.19. The largest absolute Gasteiger partial charge is 0.334 e. The predicted molar refractivity (Wildman–Crippen MR) is 62.8 cm³/mol. The molecular weight excluding hydrogens is 214 g/mol. The number of hydrazine groups is 1. The number of hydrogen-bond acceptors (Lipinski definition) is 3. The minimum Gasteiger partial charge on any atom is -0.334 e. The summed E-state index contributed by atoms with van der Waals surface area (Å²) in [5.41, 5.74) is 2.80. The lowest BCUT2D eigenvalue weighted by molar-refractivity contribution is -0.125. The molecule has 4 nitrogen and oxygen atoms in total. The minimum atomic E-state index is 0. The van der Waals surface area contributed by atoms with E-state index in [1.165, 1.54) is 0 Å². The van der Waals surface area contributed by atoms with Crippen LogP contribution in [0.2, 0.25) is 0 Å². The van der Waals surface area contributed by atoms with Gasteiger partial charge in [-0.15, -0.1) is 12.4 Å². The fourth-order valence-electron chi connectivity index (χ4n) is 1.18. The standard InChI is InChI=1S/C10H17N3O.ClH/c1-3-5-6-10(14)11-13-8-7-12(4-2)9-13;/h4,7-8H,2-3,5-6,9H2,1H3,(H,11,14);1H. The normalized spacial score (nSPS) is 13.7. The van der Waals surface area contributed by atoms with Crippen molar-refractivity contribution in [3.8, 4) is 0 Å². The Morgan fingerprint density at radius 3 is 2.87 bits per heavy atom. The number of hydrogen-bond donors (Lipinski definition) is 1. The summed E-state index contributed by atoms with van der Waals surface area (Å²) in [6.45, 7) is 6.35. The van der Waals surface area contributed by atoms with Crippen LogP contribution in [0.15, 0.2) is 25.2 Å². The average molecular weight is 232 g/mol. The quantitative estimate of drug-likeness (QED) is 0.784. The Kier molecular flexibility index (Phi) is 6.62. The molecule has 0 saturated carbocycles. The van der Waals surface area contributed by atoms with Crippen LogP contribution in [0.1, 0.15) is 26.2 Å². The van der Waals surface area contributed by atoms with Gasteiger partial charge in [0.05, 0.1) is 0 Å². The van der Waals surface area contributed by atoms with Crippen LogP contribution >= 0.6 is 12.4 Å². The van der Waals surface area contributed by atoms with Crippen molar-refractivity contribution in [2.24, 2.45) is 0 Å². The third kappa shape index (κ3) is 4.74. The molecule has 0 aromatic carbocycles. The summed E-state index contributed by atoms with van der Waals surface area (Å²) < 4.78 is 0. The van der Waals surface area contributed by atoms with Gasteiger partial charge < -0.3 is 4.90 Å². The first-order chi connectivity index (χ1) is 6.76. The van der Waals surface area contributed by atoms with Gasteiger partial charge in [-0.05, 0) is 12.6 Å². The Morgan fingerprint density at radius 1 is 1.60 bits per heavy atom. The Morgan fingerprint density at radius 2 is 2.33 bits per heavy atom. The van der Waals surface area contributed by atoms with Crippen LogP contribution < -0.4 is 5.43 Å². The fraction of sp³-hybridized carbons (Fsp3) is 0.500. The monoisotopic (exact) mass is 231 g/mol. The number of carbonyl (C=O) groups excluding carboxylic acids is 1. The predicted octanol–water partition coefficient (Wildman–Crippen LogP) is 1.82. The van der Waals surface area contributed by atoms with Crippen molar-refractivity contribution in [3.05, 3.63) is 25.2 Å². The summed E-state index contributed by atoms with van der Waals surface area (Å²) in [5, 5.41) is 1.75. The number of nitrogens with zero attached hydrogens (tertiary/aromatic N) is 2.